The molecule has 2 aromatic carbocycles. The second-order valence-corrected chi connectivity index (χ2v) is 24.4. The largest absolute Gasteiger partial charge is 0.543 e. The Morgan fingerprint density at radius 2 is 1.05 bits per heavy atom. The van der Waals surface area contributed by atoms with E-state index in [4.69, 9.17) is 8.85 Å². The van der Waals surface area contributed by atoms with Crippen LogP contribution in [0, 0.1) is 27.7 Å². The van der Waals surface area contributed by atoms with E-state index < -0.39 is 32.3 Å². The lowest BCUT2D eigenvalue weighted by molar-refractivity contribution is -0.0500. The zero-order valence-electron chi connectivity index (χ0n) is 26.8. The van der Waals surface area contributed by atoms with Crippen LogP contribution < -0.4 is 13.0 Å². The molecule has 0 unspecified atom stereocenters. The van der Waals surface area contributed by atoms with E-state index in [0.717, 1.165) is 16.9 Å². The number of aromatic hydroxyl groups is 1. The summed E-state index contributed by atoms with van der Waals surface area (Å²) < 4.78 is 77.0. The Hall–Kier alpha value is -2.19. The Balaban J connectivity index is 0.000000435. The van der Waals surface area contributed by atoms with Gasteiger partial charge in [0.15, 0.2) is 5.75 Å². The third-order valence-corrected chi connectivity index (χ3v) is 17.6. The maximum atomic E-state index is 12.6. The number of hydrogen-bond donors (Lipinski definition) is 1. The van der Waals surface area contributed by atoms with E-state index in [1.165, 1.54) is 19.9 Å². The van der Waals surface area contributed by atoms with Crippen LogP contribution in [0.5, 0.6) is 23.0 Å². The van der Waals surface area contributed by atoms with Gasteiger partial charge in [-0.15, -0.1) is 0 Å². The van der Waals surface area contributed by atoms with Gasteiger partial charge in [0.2, 0.25) is 16.6 Å². The van der Waals surface area contributed by atoms with Gasteiger partial charge in [0.1, 0.15) is 17.2 Å². The summed E-state index contributed by atoms with van der Waals surface area (Å²) in [5.74, 6) is 1.16. The molecule has 2 aromatic rings. The molecule has 0 atom stereocenters. The minimum absolute atomic E-state index is 0.122. The second-order valence-electron chi connectivity index (χ2n) is 13.4. The summed E-state index contributed by atoms with van der Waals surface area (Å²) in [6.45, 7) is 27.9. The molecule has 0 radical (unpaired) electrons. The fraction of sp³-hybridized carbons (Fsp3) is 0.586. The number of phenols is 1. The number of alkyl halides is 3. The molecule has 41 heavy (non-hydrogen) atoms. The monoisotopic (exact) mass is 636 g/mol. The molecule has 0 heterocycles. The molecule has 0 bridgehead atoms. The van der Waals surface area contributed by atoms with Crippen molar-refractivity contribution >= 4 is 26.8 Å². The summed E-state index contributed by atoms with van der Waals surface area (Å²) in [6.07, 6.45) is 0. The summed E-state index contributed by atoms with van der Waals surface area (Å²) in [5, 5.41) is 9.97. The number of phenolic OH excluding ortho intramolecular Hbond substituents is 1. The van der Waals surface area contributed by atoms with Crippen molar-refractivity contribution in [3.63, 3.8) is 0 Å². The van der Waals surface area contributed by atoms with Crippen molar-refractivity contribution in [2.24, 2.45) is 0 Å². The van der Waals surface area contributed by atoms with Crippen LogP contribution in [0.1, 0.15) is 63.8 Å². The number of hydrogen-bond acceptors (Lipinski definition) is 6. The molecule has 0 aliphatic rings. The van der Waals surface area contributed by atoms with Gasteiger partial charge < -0.3 is 18.1 Å². The predicted molar refractivity (Wildman–Crippen MR) is 165 cm³/mol. The molecule has 0 aliphatic carbocycles. The van der Waals surface area contributed by atoms with Crippen molar-refractivity contribution in [2.75, 3.05) is 0 Å². The van der Waals surface area contributed by atoms with Crippen LogP contribution in [0.4, 0.5) is 13.2 Å². The van der Waals surface area contributed by atoms with Gasteiger partial charge in [-0.1, -0.05) is 53.7 Å². The highest BCUT2D eigenvalue weighted by molar-refractivity contribution is 7.88. The summed E-state index contributed by atoms with van der Waals surface area (Å²) in [5.41, 5.74) is -3.24. The van der Waals surface area contributed by atoms with Crippen molar-refractivity contribution in [1.82, 2.24) is 0 Å². The van der Waals surface area contributed by atoms with Gasteiger partial charge in [0.25, 0.3) is 0 Å². The van der Waals surface area contributed by atoms with Crippen molar-refractivity contribution in [1.29, 1.82) is 0 Å². The van der Waals surface area contributed by atoms with Crippen LogP contribution in [0.15, 0.2) is 24.3 Å². The highest BCUT2D eigenvalue weighted by atomic mass is 32.2. The molecule has 6 nitrogen and oxygen atoms in total. The van der Waals surface area contributed by atoms with Crippen LogP contribution in [-0.2, 0) is 10.1 Å². The van der Waals surface area contributed by atoms with Crippen molar-refractivity contribution in [3.8, 4) is 23.0 Å². The van der Waals surface area contributed by atoms with E-state index in [-0.39, 0.29) is 27.0 Å². The molecule has 234 valence electrons. The van der Waals surface area contributed by atoms with Crippen molar-refractivity contribution in [2.45, 2.75) is 111 Å². The molecular formula is C29H47F3O6SSi2. The van der Waals surface area contributed by atoms with Crippen LogP contribution in [0.2, 0.25) is 36.3 Å². The molecule has 0 spiro atoms. The Morgan fingerprint density at radius 1 is 0.683 bits per heavy atom. The third kappa shape index (κ3) is 8.90. The van der Waals surface area contributed by atoms with Gasteiger partial charge >= 0.3 is 15.6 Å². The average molecular weight is 637 g/mol. The normalized spacial score (nSPS) is 13.3. The summed E-state index contributed by atoms with van der Waals surface area (Å²) in [7, 11) is -9.80. The molecule has 0 aliphatic heterocycles. The standard InChI is InChI=1S/C15H23F3O4SSi.C14H24O2Si/c1-10-8-9-12(22-24(6,7)14(3,4)5)11(2)13(10)21-23(19,20)15(16,17)18;1-10-8-9-12(11(2)13(10)15)16-17(6,7)14(3,4)5/h8-9H,1-7H3;8-9,15H,1-7H3. The van der Waals surface area contributed by atoms with Crippen LogP contribution >= 0.6 is 0 Å². The highest BCUT2D eigenvalue weighted by Crippen LogP contribution is 2.42. The molecule has 1 N–H and O–H groups in total. The van der Waals surface area contributed by atoms with E-state index in [9.17, 15) is 26.7 Å². The van der Waals surface area contributed by atoms with Gasteiger partial charge in [0, 0.05) is 11.1 Å². The van der Waals surface area contributed by atoms with E-state index in [1.54, 1.807) is 6.07 Å². The first-order valence-corrected chi connectivity index (χ1v) is 20.6. The maximum Gasteiger partial charge on any atom is 0.534 e. The number of aryl methyl sites for hydroxylation is 2. The maximum absolute atomic E-state index is 12.6. The average Bonchev–Trinajstić information content (AvgIpc) is 2.77. The minimum atomic E-state index is -5.73. The van der Waals surface area contributed by atoms with Crippen molar-refractivity contribution < 1.29 is 39.7 Å². The van der Waals surface area contributed by atoms with E-state index in [0.29, 0.717) is 11.5 Å². The first-order chi connectivity index (χ1) is 18.1. The first-order valence-electron chi connectivity index (χ1n) is 13.3. The number of benzene rings is 2. The number of rotatable bonds is 6. The molecule has 0 fully saturated rings. The lowest BCUT2D eigenvalue weighted by Gasteiger charge is -2.37. The summed E-state index contributed by atoms with van der Waals surface area (Å²) in [4.78, 5) is 0. The molecule has 0 saturated carbocycles. The Bertz CT molecular complexity index is 1340. The van der Waals surface area contributed by atoms with Crippen LogP contribution in [0.3, 0.4) is 0 Å². The van der Waals surface area contributed by atoms with Gasteiger partial charge in [-0.25, -0.2) is 0 Å². The Kier molecular flexibility index (Phi) is 11.0. The summed E-state index contributed by atoms with van der Waals surface area (Å²) in [6, 6.07) is 6.98. The van der Waals surface area contributed by atoms with E-state index in [1.807, 2.05) is 59.8 Å². The fourth-order valence-electron chi connectivity index (χ4n) is 2.99. The van der Waals surface area contributed by atoms with Gasteiger partial charge in [-0.3, -0.25) is 0 Å². The van der Waals surface area contributed by atoms with Gasteiger partial charge in [0.05, 0.1) is 0 Å². The Labute approximate surface area is 246 Å². The van der Waals surface area contributed by atoms with Crippen LogP contribution in [-0.4, -0.2) is 35.7 Å². The van der Waals surface area contributed by atoms with Crippen LogP contribution in [0.25, 0.3) is 0 Å². The predicted octanol–water partition coefficient (Wildman–Crippen LogP) is 9.31. The fourth-order valence-corrected chi connectivity index (χ4v) is 5.71. The SMILES string of the molecule is Cc1ccc(O[Si](C)(C)C(C)(C)C)c(C)c1O.Cc1ccc(O[Si](C)(C)C(C)(C)C)c(C)c1OS(=O)(=O)C(F)(F)F. The smallest absolute Gasteiger partial charge is 0.534 e. The number of halogens is 3. The summed E-state index contributed by atoms with van der Waals surface area (Å²) >= 11 is 0. The van der Waals surface area contributed by atoms with Gasteiger partial charge in [-0.2, -0.15) is 21.6 Å². The molecule has 0 saturated heterocycles. The molecule has 0 amide bonds. The molecule has 0 aromatic heterocycles. The molecular weight excluding hydrogens is 590 g/mol. The van der Waals surface area contributed by atoms with Gasteiger partial charge in [-0.05, 0) is 87.2 Å². The lowest BCUT2D eigenvalue weighted by Crippen LogP contribution is -2.44. The second kappa shape index (κ2) is 12.2. The molecule has 2 rings (SSSR count). The lowest BCUT2D eigenvalue weighted by atomic mass is 10.1. The highest BCUT2D eigenvalue weighted by Gasteiger charge is 2.49. The van der Waals surface area contributed by atoms with E-state index in [2.05, 4.69) is 38.0 Å². The minimum Gasteiger partial charge on any atom is -0.543 e. The zero-order valence-corrected chi connectivity index (χ0v) is 29.7. The van der Waals surface area contributed by atoms with Crippen molar-refractivity contribution in [3.05, 3.63) is 46.5 Å². The Morgan fingerprint density at radius 3 is 1.41 bits per heavy atom. The molecule has 12 heteroatoms. The zero-order chi connectivity index (χ0) is 32.6. The topological polar surface area (TPSA) is 82.1 Å². The third-order valence-electron chi connectivity index (χ3n) is 7.96. The van der Waals surface area contributed by atoms with E-state index >= 15 is 0 Å². The quantitative estimate of drug-likeness (QED) is 0.193. The first kappa shape index (κ1) is 36.8.